The van der Waals surface area contributed by atoms with Crippen LogP contribution in [0.3, 0.4) is 0 Å². The van der Waals surface area contributed by atoms with Crippen molar-refractivity contribution in [3.63, 3.8) is 0 Å². The van der Waals surface area contributed by atoms with Crippen molar-refractivity contribution < 1.29 is 4.39 Å². The van der Waals surface area contributed by atoms with Gasteiger partial charge in [-0.2, -0.15) is 0 Å². The van der Waals surface area contributed by atoms with Gasteiger partial charge in [0.25, 0.3) is 0 Å². The second-order valence-corrected chi connectivity index (χ2v) is 3.20. The molecule has 0 bridgehead atoms. The second-order valence-electron chi connectivity index (χ2n) is 3.20. The Morgan fingerprint density at radius 2 is 2.18 bits per heavy atom. The van der Waals surface area contributed by atoms with Crippen molar-refractivity contribution in [1.29, 1.82) is 0 Å². The van der Waals surface area contributed by atoms with Crippen LogP contribution in [0.1, 0.15) is 6.42 Å². The third-order valence-corrected chi connectivity index (χ3v) is 1.75. The van der Waals surface area contributed by atoms with Gasteiger partial charge in [-0.05, 0) is 20.5 Å². The number of hydrogen-bond donors (Lipinski definition) is 1. The number of nitrogens with zero attached hydrogens (tertiary/aromatic N) is 1. The summed E-state index contributed by atoms with van der Waals surface area (Å²) in [7, 11) is 4.01. The van der Waals surface area contributed by atoms with Crippen LogP contribution < -0.4 is 5.32 Å². The first-order valence-electron chi connectivity index (χ1n) is 3.70. The van der Waals surface area contributed by atoms with Gasteiger partial charge in [0, 0.05) is 19.1 Å². The Kier molecular flexibility index (Phi) is 4.97. The summed E-state index contributed by atoms with van der Waals surface area (Å²) < 4.78 is 12.5. The lowest BCUT2D eigenvalue weighted by molar-refractivity contribution is 0.328. The first-order chi connectivity index (χ1) is 4.68. The number of likely N-dealkylation sites (N-methyl/N-ethyl adjacent to an activating group) is 1. The summed E-state index contributed by atoms with van der Waals surface area (Å²) in [4.78, 5) is 2.08. The van der Waals surface area contributed by atoms with Crippen LogP contribution in [-0.4, -0.2) is 44.3 Å². The van der Waals surface area contributed by atoms with Crippen LogP contribution in [0.4, 0.5) is 4.39 Å². The monoisotopic (exact) mass is 182 g/mol. The van der Waals surface area contributed by atoms with Gasteiger partial charge in [0.2, 0.25) is 0 Å². The van der Waals surface area contributed by atoms with Crippen molar-refractivity contribution in [2.75, 3.05) is 27.2 Å². The van der Waals surface area contributed by atoms with E-state index in [-0.39, 0.29) is 12.4 Å². The first-order valence-corrected chi connectivity index (χ1v) is 3.70. The van der Waals surface area contributed by atoms with Gasteiger partial charge in [-0.15, -0.1) is 12.4 Å². The molecular weight excluding hydrogens is 167 g/mol. The maximum atomic E-state index is 12.5. The fourth-order valence-corrected chi connectivity index (χ4v) is 1.35. The molecule has 0 unspecified atom stereocenters. The topological polar surface area (TPSA) is 15.3 Å². The summed E-state index contributed by atoms with van der Waals surface area (Å²) in [6.45, 7) is 1.49. The molecule has 1 saturated heterocycles. The van der Waals surface area contributed by atoms with Gasteiger partial charge in [-0.25, -0.2) is 4.39 Å². The fraction of sp³-hybridized carbons (Fsp3) is 1.00. The molecule has 4 heteroatoms. The minimum absolute atomic E-state index is 0. The van der Waals surface area contributed by atoms with Crippen molar-refractivity contribution in [1.82, 2.24) is 10.2 Å². The lowest BCUT2D eigenvalue weighted by atomic mass is 10.2. The highest BCUT2D eigenvalue weighted by atomic mass is 35.5. The molecule has 1 aliphatic heterocycles. The minimum Gasteiger partial charge on any atom is -0.310 e. The predicted octanol–water partition coefficient (Wildman–Crippen LogP) is 0.670. The Morgan fingerprint density at radius 1 is 1.55 bits per heavy atom. The molecule has 0 aliphatic carbocycles. The van der Waals surface area contributed by atoms with E-state index in [9.17, 15) is 4.39 Å². The fourth-order valence-electron chi connectivity index (χ4n) is 1.35. The Hall–Kier alpha value is 0.140. The quantitative estimate of drug-likeness (QED) is 0.676. The highest BCUT2D eigenvalue weighted by Gasteiger charge is 2.23. The van der Waals surface area contributed by atoms with Crippen LogP contribution in [0, 0.1) is 0 Å². The van der Waals surface area contributed by atoms with Gasteiger partial charge < -0.3 is 10.2 Å². The molecule has 11 heavy (non-hydrogen) atoms. The normalized spacial score (nSPS) is 30.5. The van der Waals surface area contributed by atoms with Gasteiger partial charge in [0.15, 0.2) is 0 Å². The molecule has 68 valence electrons. The van der Waals surface area contributed by atoms with Gasteiger partial charge in [-0.1, -0.05) is 0 Å². The van der Waals surface area contributed by atoms with E-state index in [4.69, 9.17) is 0 Å². The van der Waals surface area contributed by atoms with E-state index in [0.717, 1.165) is 6.54 Å². The molecule has 1 aliphatic rings. The van der Waals surface area contributed by atoms with Crippen molar-refractivity contribution in [3.8, 4) is 0 Å². The molecule has 0 aromatic rings. The first kappa shape index (κ1) is 11.1. The van der Waals surface area contributed by atoms with E-state index >= 15 is 0 Å². The van der Waals surface area contributed by atoms with E-state index < -0.39 is 6.17 Å². The molecule has 0 radical (unpaired) electrons. The molecule has 1 heterocycles. The van der Waals surface area contributed by atoms with E-state index in [1.54, 1.807) is 0 Å². The zero-order valence-electron chi connectivity index (χ0n) is 7.01. The summed E-state index contributed by atoms with van der Waals surface area (Å²) in [6, 6.07) is 0.366. The van der Waals surface area contributed by atoms with Gasteiger partial charge in [-0.3, -0.25) is 0 Å². The summed E-state index contributed by atoms with van der Waals surface area (Å²) in [5.41, 5.74) is 0. The Labute approximate surface area is 73.6 Å². The number of hydrogen-bond acceptors (Lipinski definition) is 2. The summed E-state index contributed by atoms with van der Waals surface area (Å²) in [5, 5.41) is 3.12. The van der Waals surface area contributed by atoms with E-state index in [1.165, 1.54) is 0 Å². The zero-order valence-corrected chi connectivity index (χ0v) is 7.83. The van der Waals surface area contributed by atoms with Gasteiger partial charge in [0.05, 0.1) is 0 Å². The number of alkyl halides is 1. The molecular formula is C7H16ClFN2. The summed E-state index contributed by atoms with van der Waals surface area (Å²) in [5.74, 6) is 0. The lowest BCUT2D eigenvalue weighted by Gasteiger charge is -2.15. The summed E-state index contributed by atoms with van der Waals surface area (Å²) >= 11 is 0. The summed E-state index contributed by atoms with van der Waals surface area (Å²) in [6.07, 6.45) is 0.0583. The molecule has 0 spiro atoms. The van der Waals surface area contributed by atoms with Crippen LogP contribution in [0.15, 0.2) is 0 Å². The van der Waals surface area contributed by atoms with Crippen molar-refractivity contribution in [2.24, 2.45) is 0 Å². The molecule has 1 N–H and O–H groups in total. The largest absolute Gasteiger partial charge is 0.310 e. The van der Waals surface area contributed by atoms with Crippen molar-refractivity contribution in [2.45, 2.75) is 18.6 Å². The third kappa shape index (κ3) is 3.89. The maximum absolute atomic E-state index is 12.5. The van der Waals surface area contributed by atoms with Crippen LogP contribution in [0.25, 0.3) is 0 Å². The molecule has 0 aromatic heterocycles. The van der Waals surface area contributed by atoms with Crippen LogP contribution in [-0.2, 0) is 0 Å². The average Bonchev–Trinajstić information content (AvgIpc) is 2.13. The van der Waals surface area contributed by atoms with Gasteiger partial charge >= 0.3 is 0 Å². The highest BCUT2D eigenvalue weighted by Crippen LogP contribution is 2.09. The lowest BCUT2D eigenvalue weighted by Crippen LogP contribution is -2.33. The smallest absolute Gasteiger partial charge is 0.114 e. The molecule has 2 atom stereocenters. The molecule has 2 nitrogen and oxygen atoms in total. The number of nitrogens with one attached hydrogen (secondary N) is 1. The van der Waals surface area contributed by atoms with E-state index in [2.05, 4.69) is 10.2 Å². The SMILES string of the molecule is CN(C)C[C@H]1C[C@H](F)CN1.Cl. The minimum atomic E-state index is -0.620. The number of halogens is 2. The zero-order chi connectivity index (χ0) is 7.56. The molecule has 0 amide bonds. The van der Waals surface area contributed by atoms with E-state index in [0.29, 0.717) is 19.0 Å². The third-order valence-electron chi connectivity index (χ3n) is 1.75. The molecule has 1 fully saturated rings. The maximum Gasteiger partial charge on any atom is 0.114 e. The molecule has 0 aromatic carbocycles. The molecule has 1 rings (SSSR count). The number of rotatable bonds is 2. The highest BCUT2D eigenvalue weighted by molar-refractivity contribution is 5.85. The Bertz CT molecular complexity index is 111. The predicted molar refractivity (Wildman–Crippen MR) is 47.1 cm³/mol. The molecule has 0 saturated carbocycles. The Morgan fingerprint density at radius 3 is 2.55 bits per heavy atom. The average molecular weight is 183 g/mol. The van der Waals surface area contributed by atoms with Crippen molar-refractivity contribution in [3.05, 3.63) is 0 Å². The van der Waals surface area contributed by atoms with Crippen LogP contribution in [0.5, 0.6) is 0 Å². The standard InChI is InChI=1S/C7H15FN2.ClH/c1-10(2)5-7-3-6(8)4-9-7;/h6-7,9H,3-5H2,1-2H3;1H/t6-,7+;/m0./s1. The van der Waals surface area contributed by atoms with Crippen molar-refractivity contribution >= 4 is 12.4 Å². The van der Waals surface area contributed by atoms with Crippen LogP contribution in [0.2, 0.25) is 0 Å². The van der Waals surface area contributed by atoms with Crippen LogP contribution >= 0.6 is 12.4 Å². The Balaban J connectivity index is 0.000001000. The van der Waals surface area contributed by atoms with E-state index in [1.807, 2.05) is 14.1 Å². The second kappa shape index (κ2) is 4.91. The van der Waals surface area contributed by atoms with Gasteiger partial charge in [0.1, 0.15) is 6.17 Å².